The minimum Gasteiger partial charge on any atom is -0.462 e. The van der Waals surface area contributed by atoms with Crippen molar-refractivity contribution in [2.45, 2.75) is 58.5 Å². The number of esters is 1. The summed E-state index contributed by atoms with van der Waals surface area (Å²) in [5.74, 6) is -1.94. The quantitative estimate of drug-likeness (QED) is 0.163. The van der Waals surface area contributed by atoms with Crippen LogP contribution >= 0.6 is 0 Å². The molecule has 11 heteroatoms. The third-order valence-corrected chi connectivity index (χ3v) is 6.49. The average Bonchev–Trinajstić information content (AvgIpc) is 3.02. The highest BCUT2D eigenvalue weighted by Gasteiger charge is 2.28. The molecule has 3 atom stereocenters. The van der Waals surface area contributed by atoms with Gasteiger partial charge in [0.05, 0.1) is 6.61 Å². The maximum atomic E-state index is 13.2. The first-order valence-corrected chi connectivity index (χ1v) is 14.4. The second-order valence-electron chi connectivity index (χ2n) is 10.5. The van der Waals surface area contributed by atoms with Gasteiger partial charge in [-0.05, 0) is 37.7 Å². The Morgan fingerprint density at radius 2 is 1.67 bits per heavy atom. The molecule has 232 valence electrons. The van der Waals surface area contributed by atoms with E-state index in [1.54, 1.807) is 32.1 Å². The van der Waals surface area contributed by atoms with Crippen molar-refractivity contribution in [3.05, 3.63) is 84.2 Å². The predicted octanol–water partition coefficient (Wildman–Crippen LogP) is 2.75. The summed E-state index contributed by atoms with van der Waals surface area (Å²) in [6, 6.07) is -2.42. The lowest BCUT2D eigenvalue weighted by Gasteiger charge is -2.25. The molecule has 0 saturated carbocycles. The highest BCUT2D eigenvalue weighted by Crippen LogP contribution is 2.17. The van der Waals surface area contributed by atoms with Crippen molar-refractivity contribution in [3.8, 4) is 0 Å². The largest absolute Gasteiger partial charge is 0.462 e. The number of ether oxygens (including phenoxy) is 1. The molecular formula is C32H43N5O6. The van der Waals surface area contributed by atoms with Gasteiger partial charge < -0.3 is 31.7 Å². The molecule has 0 aliphatic heterocycles. The summed E-state index contributed by atoms with van der Waals surface area (Å²) < 4.78 is 5.56. The second-order valence-corrected chi connectivity index (χ2v) is 10.5. The van der Waals surface area contributed by atoms with E-state index in [2.05, 4.69) is 21.3 Å². The Morgan fingerprint density at radius 3 is 2.30 bits per heavy atom. The van der Waals surface area contributed by atoms with Crippen LogP contribution in [-0.2, 0) is 23.9 Å². The number of primary amides is 1. The van der Waals surface area contributed by atoms with Crippen molar-refractivity contribution in [2.24, 2.45) is 17.6 Å². The van der Waals surface area contributed by atoms with Gasteiger partial charge in [-0.2, -0.15) is 0 Å². The number of urea groups is 1. The number of carbonyl (C=O) groups excluding carboxylic acids is 5. The summed E-state index contributed by atoms with van der Waals surface area (Å²) in [4.78, 5) is 61.4. The number of hydrogen-bond donors (Lipinski definition) is 5. The van der Waals surface area contributed by atoms with Gasteiger partial charge in [-0.15, -0.1) is 0 Å². The number of allylic oxidation sites excluding steroid dienone is 11. The maximum absolute atomic E-state index is 13.2. The highest BCUT2D eigenvalue weighted by molar-refractivity contribution is 5.92. The molecule has 2 rings (SSSR count). The summed E-state index contributed by atoms with van der Waals surface area (Å²) in [5.41, 5.74) is 6.20. The molecule has 2 aliphatic rings. The molecule has 11 nitrogen and oxygen atoms in total. The van der Waals surface area contributed by atoms with Gasteiger partial charge in [0.25, 0.3) is 0 Å². The van der Waals surface area contributed by atoms with E-state index >= 15 is 0 Å². The lowest BCUT2D eigenvalue weighted by atomic mass is 9.99. The van der Waals surface area contributed by atoms with Crippen molar-refractivity contribution in [1.29, 1.82) is 0 Å². The molecule has 0 heterocycles. The molecule has 6 N–H and O–H groups in total. The molecule has 0 bridgehead atoms. The molecule has 0 saturated heterocycles. The van der Waals surface area contributed by atoms with Gasteiger partial charge >= 0.3 is 12.0 Å². The third-order valence-electron chi connectivity index (χ3n) is 6.49. The molecule has 0 spiro atoms. The number of amides is 5. The molecule has 5 amide bonds. The second kappa shape index (κ2) is 18.7. The summed E-state index contributed by atoms with van der Waals surface area (Å²) in [7, 11) is 0. The zero-order valence-corrected chi connectivity index (χ0v) is 25.0. The van der Waals surface area contributed by atoms with Gasteiger partial charge in [-0.1, -0.05) is 80.7 Å². The molecule has 0 radical (unpaired) electrons. The van der Waals surface area contributed by atoms with Crippen LogP contribution in [0.25, 0.3) is 0 Å². The van der Waals surface area contributed by atoms with Crippen LogP contribution in [0.15, 0.2) is 84.2 Å². The molecule has 2 aliphatic carbocycles. The molecule has 1 unspecified atom stereocenters. The molecular weight excluding hydrogens is 550 g/mol. The van der Waals surface area contributed by atoms with Crippen LogP contribution in [0.3, 0.4) is 0 Å². The number of carbonyl (C=O) groups is 5. The fraction of sp³-hybridized carbons (Fsp3) is 0.406. The van der Waals surface area contributed by atoms with E-state index in [4.69, 9.17) is 10.5 Å². The first-order valence-electron chi connectivity index (χ1n) is 14.4. The Bertz CT molecular complexity index is 1220. The first kappa shape index (κ1) is 34.5. The van der Waals surface area contributed by atoms with Gasteiger partial charge in [-0.25, -0.2) is 9.59 Å². The minimum atomic E-state index is -0.922. The summed E-state index contributed by atoms with van der Waals surface area (Å²) in [6.07, 6.45) is 23.7. The number of nitrogens with one attached hydrogen (secondary N) is 4. The van der Waals surface area contributed by atoms with Crippen LogP contribution < -0.4 is 27.0 Å². The molecule has 0 aromatic carbocycles. The predicted molar refractivity (Wildman–Crippen MR) is 165 cm³/mol. The fourth-order valence-corrected chi connectivity index (χ4v) is 4.17. The highest BCUT2D eigenvalue weighted by atomic mass is 16.5. The van der Waals surface area contributed by atoms with Crippen LogP contribution in [0.5, 0.6) is 0 Å². The monoisotopic (exact) mass is 593 g/mol. The zero-order valence-electron chi connectivity index (χ0n) is 25.0. The van der Waals surface area contributed by atoms with Crippen LogP contribution in [0, 0.1) is 11.8 Å². The molecule has 0 aromatic rings. The van der Waals surface area contributed by atoms with Crippen molar-refractivity contribution in [3.63, 3.8) is 0 Å². The van der Waals surface area contributed by atoms with E-state index in [0.29, 0.717) is 30.5 Å². The van der Waals surface area contributed by atoms with E-state index < -0.39 is 29.9 Å². The smallest absolute Gasteiger partial charge is 0.334 e. The molecule has 0 fully saturated rings. The van der Waals surface area contributed by atoms with Crippen molar-refractivity contribution >= 4 is 29.7 Å². The summed E-state index contributed by atoms with van der Waals surface area (Å²) in [5, 5.41) is 10.6. The SMILES string of the molecule is CC(=O)N[C@H](C(=O)N[C@@H](CCCNC(N)=O)C(=O)NC1=CCC(COC(=O)/C2=C/C=C\C=C/C=C\C=C/C2)C=C1)C(C)C. The topological polar surface area (TPSA) is 169 Å². The van der Waals surface area contributed by atoms with Gasteiger partial charge in [0.1, 0.15) is 12.1 Å². The van der Waals surface area contributed by atoms with Crippen LogP contribution in [0.4, 0.5) is 4.79 Å². The summed E-state index contributed by atoms with van der Waals surface area (Å²) >= 11 is 0. The van der Waals surface area contributed by atoms with Gasteiger partial charge in [0.2, 0.25) is 17.7 Å². The molecule has 43 heavy (non-hydrogen) atoms. The van der Waals surface area contributed by atoms with E-state index in [-0.39, 0.29) is 43.3 Å². The van der Waals surface area contributed by atoms with Crippen molar-refractivity contribution < 1.29 is 28.7 Å². The Kier molecular flexibility index (Phi) is 15.0. The van der Waals surface area contributed by atoms with E-state index in [0.717, 1.165) is 0 Å². The van der Waals surface area contributed by atoms with Crippen molar-refractivity contribution in [2.75, 3.05) is 13.2 Å². The van der Waals surface area contributed by atoms with E-state index in [1.807, 2.05) is 54.7 Å². The van der Waals surface area contributed by atoms with Crippen LogP contribution in [0.1, 0.15) is 46.5 Å². The van der Waals surface area contributed by atoms with Gasteiger partial charge in [0, 0.05) is 30.7 Å². The van der Waals surface area contributed by atoms with Gasteiger partial charge in [0.15, 0.2) is 0 Å². The number of nitrogens with two attached hydrogens (primary N) is 1. The Labute approximate surface area is 253 Å². The lowest BCUT2D eigenvalue weighted by molar-refractivity contribution is -0.140. The first-order chi connectivity index (χ1) is 20.6. The zero-order chi connectivity index (χ0) is 31.6. The lowest BCUT2D eigenvalue weighted by Crippen LogP contribution is -2.55. The Hall–Kier alpha value is -4.67. The van der Waals surface area contributed by atoms with Gasteiger partial charge in [-0.3, -0.25) is 14.4 Å². The fourth-order valence-electron chi connectivity index (χ4n) is 4.17. The Morgan fingerprint density at radius 1 is 0.977 bits per heavy atom. The maximum Gasteiger partial charge on any atom is 0.334 e. The number of rotatable bonds is 13. The standard InChI is InChI=1S/C32H43N5O6/c1-22(2)28(35-23(3)38)30(40)37-27(15-12-20-34-32(33)42)29(39)36-26-18-16-24(17-19-26)21-43-31(41)25-13-10-8-6-4-5-7-9-11-14-25/h4-11,13,16,18-19,22,24,27-28H,12,14-15,17,20-21H2,1-3H3,(H,35,38)(H,36,39)(H,37,40)(H3,33,34,42)/b6-4-,7-5-,10-8-,11-9-,25-13+/t24?,27-,28-/m0/s1. The number of hydrogen-bond acceptors (Lipinski definition) is 6. The third kappa shape index (κ3) is 13.7. The minimum absolute atomic E-state index is 0.0651. The van der Waals surface area contributed by atoms with Crippen LogP contribution in [-0.4, -0.2) is 55.0 Å². The summed E-state index contributed by atoms with van der Waals surface area (Å²) in [6.45, 7) is 5.32. The normalized spacial score (nSPS) is 21.7. The average molecular weight is 594 g/mol. The molecule has 0 aromatic heterocycles. The van der Waals surface area contributed by atoms with E-state index in [9.17, 15) is 24.0 Å². The Balaban J connectivity index is 1.96. The van der Waals surface area contributed by atoms with Crippen molar-refractivity contribution in [1.82, 2.24) is 21.3 Å². The van der Waals surface area contributed by atoms with E-state index in [1.165, 1.54) is 6.92 Å². The van der Waals surface area contributed by atoms with Crippen LogP contribution in [0.2, 0.25) is 0 Å².